The second-order valence-electron chi connectivity index (χ2n) is 7.55. The quantitative estimate of drug-likeness (QED) is 0.603. The first-order valence-electron chi connectivity index (χ1n) is 9.71. The van der Waals surface area contributed by atoms with Crippen LogP contribution in [0.5, 0.6) is 0 Å². The Morgan fingerprint density at radius 1 is 1.15 bits per heavy atom. The third-order valence-electron chi connectivity index (χ3n) is 5.14. The number of alkyl halides is 3. The van der Waals surface area contributed by atoms with E-state index in [1.54, 1.807) is 0 Å². The number of fused-ring (bicyclic) bond motifs is 1. The molecule has 172 valence electrons. The smallest absolute Gasteiger partial charge is 0.397 e. The van der Waals surface area contributed by atoms with Gasteiger partial charge in [0.25, 0.3) is 11.8 Å². The third-order valence-corrected chi connectivity index (χ3v) is 6.24. The number of hydrazine groups is 1. The summed E-state index contributed by atoms with van der Waals surface area (Å²) >= 11 is 1.06. The van der Waals surface area contributed by atoms with Crippen LogP contribution in [-0.2, 0) is 15.8 Å². The molecule has 1 fully saturated rings. The Kier molecular flexibility index (Phi) is 5.48. The molecule has 0 atom stereocenters. The Bertz CT molecular complexity index is 1300. The number of carbonyl (C=O) groups is 3. The molecule has 1 saturated heterocycles. The van der Waals surface area contributed by atoms with Gasteiger partial charge in [0.15, 0.2) is 0 Å². The number of halogens is 3. The maximum Gasteiger partial charge on any atom is 0.416 e. The minimum Gasteiger partial charge on any atom is -0.397 e. The number of pyridine rings is 1. The van der Waals surface area contributed by atoms with Gasteiger partial charge in [-0.15, -0.1) is 11.3 Å². The molecule has 2 aromatic heterocycles. The average Bonchev–Trinajstić information content (AvgIpc) is 3.06. The highest BCUT2D eigenvalue weighted by Gasteiger charge is 2.35. The van der Waals surface area contributed by atoms with E-state index in [9.17, 15) is 27.6 Å². The van der Waals surface area contributed by atoms with Gasteiger partial charge < -0.3 is 10.6 Å². The highest BCUT2D eigenvalue weighted by atomic mass is 32.1. The number of hydrogen-bond donors (Lipinski definition) is 2. The van der Waals surface area contributed by atoms with Crippen LogP contribution in [0.15, 0.2) is 30.3 Å². The molecular formula is C21H18F3N5O3S. The van der Waals surface area contributed by atoms with Crippen molar-refractivity contribution in [1.82, 2.24) is 15.4 Å². The van der Waals surface area contributed by atoms with Gasteiger partial charge in [-0.05, 0) is 43.7 Å². The van der Waals surface area contributed by atoms with E-state index in [0.29, 0.717) is 10.2 Å². The fourth-order valence-corrected chi connectivity index (χ4v) is 4.72. The number of carbonyl (C=O) groups excluding carboxylic acids is 3. The summed E-state index contributed by atoms with van der Waals surface area (Å²) in [7, 11) is 0. The molecule has 0 saturated carbocycles. The second-order valence-corrected chi connectivity index (χ2v) is 8.55. The van der Waals surface area contributed by atoms with Gasteiger partial charge >= 0.3 is 6.18 Å². The Hall–Kier alpha value is -3.67. The summed E-state index contributed by atoms with van der Waals surface area (Å²) in [5, 5.41) is 1.48. The van der Waals surface area contributed by atoms with Crippen molar-refractivity contribution in [2.45, 2.75) is 20.0 Å². The molecule has 4 rings (SSSR count). The molecule has 12 heteroatoms. The van der Waals surface area contributed by atoms with E-state index in [0.717, 1.165) is 50.7 Å². The minimum absolute atomic E-state index is 0.0557. The summed E-state index contributed by atoms with van der Waals surface area (Å²) in [6.07, 6.45) is -4.59. The number of nitrogens with zero attached hydrogens (tertiary/aromatic N) is 3. The molecule has 3 heterocycles. The molecule has 0 unspecified atom stereocenters. The maximum atomic E-state index is 13.0. The number of thiophene rings is 1. The fourth-order valence-electron chi connectivity index (χ4n) is 3.62. The van der Waals surface area contributed by atoms with Gasteiger partial charge in [-0.2, -0.15) is 13.2 Å². The van der Waals surface area contributed by atoms with E-state index < -0.39 is 42.6 Å². The van der Waals surface area contributed by atoms with Crippen LogP contribution < -0.4 is 16.1 Å². The van der Waals surface area contributed by atoms with Crippen molar-refractivity contribution >= 4 is 50.6 Å². The molecule has 3 amide bonds. The van der Waals surface area contributed by atoms with Gasteiger partial charge in [-0.1, -0.05) is 6.07 Å². The van der Waals surface area contributed by atoms with Gasteiger partial charge in [0.1, 0.15) is 22.8 Å². The molecule has 0 radical (unpaired) electrons. The Morgan fingerprint density at radius 2 is 1.88 bits per heavy atom. The number of nitrogens with two attached hydrogens (primary N) is 1. The summed E-state index contributed by atoms with van der Waals surface area (Å²) in [5.74, 6) is -1.99. The number of piperazine rings is 1. The summed E-state index contributed by atoms with van der Waals surface area (Å²) in [5.41, 5.74) is 9.37. The lowest BCUT2D eigenvalue weighted by atomic mass is 10.1. The van der Waals surface area contributed by atoms with Crippen LogP contribution in [0.3, 0.4) is 0 Å². The van der Waals surface area contributed by atoms with E-state index in [1.165, 1.54) is 6.07 Å². The van der Waals surface area contributed by atoms with Crippen LogP contribution in [0, 0.1) is 13.8 Å². The number of aromatic nitrogens is 1. The average molecular weight is 477 g/mol. The first kappa shape index (κ1) is 22.5. The van der Waals surface area contributed by atoms with E-state index in [1.807, 2.05) is 19.9 Å². The molecule has 3 N–H and O–H groups in total. The topological polar surface area (TPSA) is 109 Å². The van der Waals surface area contributed by atoms with Gasteiger partial charge in [0, 0.05) is 16.8 Å². The third kappa shape index (κ3) is 4.21. The molecule has 0 aliphatic carbocycles. The number of nitrogens with one attached hydrogen (secondary N) is 1. The Morgan fingerprint density at radius 3 is 2.58 bits per heavy atom. The highest BCUT2D eigenvalue weighted by molar-refractivity contribution is 7.21. The number of nitrogen functional groups attached to an aromatic ring is 1. The highest BCUT2D eigenvalue weighted by Crippen LogP contribution is 2.35. The summed E-state index contributed by atoms with van der Waals surface area (Å²) in [6, 6.07) is 5.98. The lowest BCUT2D eigenvalue weighted by Crippen LogP contribution is -2.59. The summed E-state index contributed by atoms with van der Waals surface area (Å²) < 4.78 is 39.0. The predicted molar refractivity (Wildman–Crippen MR) is 116 cm³/mol. The molecule has 0 bridgehead atoms. The number of amides is 3. The predicted octanol–water partition coefficient (Wildman–Crippen LogP) is 3.03. The molecule has 1 aliphatic rings. The zero-order chi connectivity index (χ0) is 24.1. The lowest BCUT2D eigenvalue weighted by Gasteiger charge is -2.33. The van der Waals surface area contributed by atoms with Crippen molar-refractivity contribution in [2.24, 2.45) is 0 Å². The standard InChI is InChI=1S/C21H18F3N5O3S/c1-10-6-11(2)26-20-16(10)17(25)18(33-20)19(32)27-29-9-14(30)28(8-15(29)31)13-5-3-4-12(7-13)21(22,23)24/h3-7H,8-9,25H2,1-2H3,(H,27,32). The van der Waals surface area contributed by atoms with Crippen LogP contribution in [0.1, 0.15) is 26.5 Å². The summed E-state index contributed by atoms with van der Waals surface area (Å²) in [6.45, 7) is 2.59. The van der Waals surface area contributed by atoms with Crippen molar-refractivity contribution in [2.75, 3.05) is 23.7 Å². The molecule has 33 heavy (non-hydrogen) atoms. The van der Waals surface area contributed by atoms with Crippen molar-refractivity contribution < 1.29 is 27.6 Å². The van der Waals surface area contributed by atoms with Crippen LogP contribution in [-0.4, -0.2) is 40.8 Å². The molecule has 3 aromatic rings. The van der Waals surface area contributed by atoms with E-state index in [2.05, 4.69) is 10.4 Å². The van der Waals surface area contributed by atoms with E-state index in [-0.39, 0.29) is 16.3 Å². The Balaban J connectivity index is 1.53. The maximum absolute atomic E-state index is 13.0. The van der Waals surface area contributed by atoms with Crippen LogP contribution in [0.2, 0.25) is 0 Å². The van der Waals surface area contributed by atoms with E-state index >= 15 is 0 Å². The van der Waals surface area contributed by atoms with Gasteiger partial charge in [0.2, 0.25) is 5.91 Å². The number of anilines is 2. The molecule has 1 aromatic carbocycles. The van der Waals surface area contributed by atoms with Crippen LogP contribution in [0.4, 0.5) is 24.5 Å². The molecule has 8 nitrogen and oxygen atoms in total. The second kappa shape index (κ2) is 8.03. The monoisotopic (exact) mass is 477 g/mol. The molecular weight excluding hydrogens is 459 g/mol. The number of benzene rings is 1. The SMILES string of the molecule is Cc1cc(C)c2c(N)c(C(=O)NN3CC(=O)N(c4cccc(C(F)(F)F)c4)CC3=O)sc2n1. The van der Waals surface area contributed by atoms with Gasteiger partial charge in [-0.3, -0.25) is 19.8 Å². The van der Waals surface area contributed by atoms with Crippen LogP contribution in [0.25, 0.3) is 10.2 Å². The number of aryl methyl sites for hydroxylation is 2. The molecule has 0 spiro atoms. The fraction of sp³-hybridized carbons (Fsp3) is 0.238. The largest absolute Gasteiger partial charge is 0.416 e. The van der Waals surface area contributed by atoms with Gasteiger partial charge in [-0.25, -0.2) is 9.99 Å². The zero-order valence-corrected chi connectivity index (χ0v) is 18.3. The molecule has 1 aliphatic heterocycles. The number of hydrogen-bond acceptors (Lipinski definition) is 6. The zero-order valence-electron chi connectivity index (χ0n) is 17.5. The van der Waals surface area contributed by atoms with Crippen molar-refractivity contribution in [1.29, 1.82) is 0 Å². The number of rotatable bonds is 3. The Labute approximate surface area is 189 Å². The van der Waals surface area contributed by atoms with E-state index in [4.69, 9.17) is 5.73 Å². The summed E-state index contributed by atoms with van der Waals surface area (Å²) in [4.78, 5) is 44.0. The normalized spacial score (nSPS) is 14.8. The lowest BCUT2D eigenvalue weighted by molar-refractivity contribution is -0.140. The minimum atomic E-state index is -4.59. The first-order valence-corrected chi connectivity index (χ1v) is 10.5. The van der Waals surface area contributed by atoms with Crippen molar-refractivity contribution in [3.8, 4) is 0 Å². The van der Waals surface area contributed by atoms with Crippen molar-refractivity contribution in [3.05, 3.63) is 52.0 Å². The van der Waals surface area contributed by atoms with Crippen molar-refractivity contribution in [3.63, 3.8) is 0 Å². The first-order chi connectivity index (χ1) is 15.5. The van der Waals surface area contributed by atoms with Crippen LogP contribution >= 0.6 is 11.3 Å². The van der Waals surface area contributed by atoms with Gasteiger partial charge in [0.05, 0.1) is 11.3 Å².